The summed E-state index contributed by atoms with van der Waals surface area (Å²) in [4.78, 5) is 26.4. The van der Waals surface area contributed by atoms with Crippen LogP contribution in [0.15, 0.2) is 59.9 Å². The first-order valence-electron chi connectivity index (χ1n) is 10.8. The Morgan fingerprint density at radius 1 is 1.20 bits per heavy atom. The van der Waals surface area contributed by atoms with Gasteiger partial charge >= 0.3 is 0 Å². The zero-order valence-electron chi connectivity index (χ0n) is 18.4. The van der Waals surface area contributed by atoms with Crippen molar-refractivity contribution < 1.29 is 18.3 Å². The summed E-state index contributed by atoms with van der Waals surface area (Å²) < 4.78 is 34.7. The molecule has 9 nitrogen and oxygen atoms in total. The molecule has 2 aromatic carbocycles. The van der Waals surface area contributed by atoms with Gasteiger partial charge in [-0.3, -0.25) is 9.59 Å². The first-order chi connectivity index (χ1) is 16.9. The van der Waals surface area contributed by atoms with Crippen LogP contribution in [-0.4, -0.2) is 43.9 Å². The van der Waals surface area contributed by atoms with E-state index in [1.54, 1.807) is 17.0 Å². The average molecular weight is 478 g/mol. The lowest BCUT2D eigenvalue weighted by molar-refractivity contribution is -0.125. The van der Waals surface area contributed by atoms with Crippen LogP contribution in [0, 0.1) is 11.6 Å². The number of likely N-dealkylation sites (tertiary alicyclic amines) is 1. The third-order valence-electron chi connectivity index (χ3n) is 5.94. The van der Waals surface area contributed by atoms with Crippen LogP contribution in [0.5, 0.6) is 11.5 Å². The topological polar surface area (TPSA) is 119 Å². The van der Waals surface area contributed by atoms with Crippen molar-refractivity contribution in [1.29, 1.82) is 0 Å². The number of fused-ring (bicyclic) bond motifs is 1. The van der Waals surface area contributed by atoms with E-state index in [0.29, 0.717) is 41.8 Å². The van der Waals surface area contributed by atoms with Gasteiger partial charge in [0.2, 0.25) is 5.91 Å². The highest BCUT2D eigenvalue weighted by Gasteiger charge is 2.31. The maximum atomic E-state index is 13.9. The van der Waals surface area contributed by atoms with Crippen molar-refractivity contribution in [3.05, 3.63) is 82.8 Å². The molecule has 1 aliphatic rings. The molecule has 1 atom stereocenters. The smallest absolute Gasteiger partial charge is 0.275 e. The van der Waals surface area contributed by atoms with Crippen LogP contribution in [0.1, 0.15) is 18.0 Å². The normalized spacial score (nSPS) is 15.5. The number of benzene rings is 2. The van der Waals surface area contributed by atoms with Crippen LogP contribution in [0.4, 0.5) is 14.6 Å². The number of carbonyl (C=O) groups is 1. The van der Waals surface area contributed by atoms with Crippen LogP contribution >= 0.6 is 0 Å². The molecule has 2 aromatic heterocycles. The molecule has 11 heteroatoms. The lowest BCUT2D eigenvalue weighted by atomic mass is 10.0. The summed E-state index contributed by atoms with van der Waals surface area (Å²) in [6.07, 6.45) is 1.87. The third-order valence-corrected chi connectivity index (χ3v) is 5.94. The highest BCUT2D eigenvalue weighted by molar-refractivity contribution is 5.91. The number of hydrogen-bond acceptors (Lipinski definition) is 6. The average Bonchev–Trinajstić information content (AvgIpc) is 3.50. The van der Waals surface area contributed by atoms with Gasteiger partial charge in [0.05, 0.1) is 16.8 Å². The second kappa shape index (κ2) is 8.67. The molecule has 3 heterocycles. The molecule has 3 N–H and O–H groups in total. The summed E-state index contributed by atoms with van der Waals surface area (Å²) in [5, 5.41) is 11.2. The zero-order valence-corrected chi connectivity index (χ0v) is 18.4. The number of anilines is 1. The number of rotatable bonds is 5. The van der Waals surface area contributed by atoms with Crippen molar-refractivity contribution in [2.45, 2.75) is 12.3 Å². The Morgan fingerprint density at radius 2 is 1.91 bits per heavy atom. The van der Waals surface area contributed by atoms with E-state index >= 15 is 0 Å². The van der Waals surface area contributed by atoms with Crippen molar-refractivity contribution in [3.8, 4) is 17.2 Å². The van der Waals surface area contributed by atoms with E-state index in [0.717, 1.165) is 12.1 Å². The van der Waals surface area contributed by atoms with Crippen molar-refractivity contribution in [2.75, 3.05) is 18.8 Å². The molecule has 1 amide bonds. The fourth-order valence-electron chi connectivity index (χ4n) is 4.25. The standard InChI is InChI=1S/C24H20F2N6O3/c1-2-18(33)31-11-10-13(12-31)20-19-21(23(27)28-29-24(19)34)32(30-20)14-6-8-15(9-7-14)35-22-16(25)4-3-5-17(22)26/h2-9,13H,1,10-12H2,(H2,27,28)(H,29,34)/t13-/m1/s1. The van der Waals surface area contributed by atoms with Gasteiger partial charge in [0.25, 0.3) is 5.56 Å². The molecule has 0 unspecified atom stereocenters. The third kappa shape index (κ3) is 3.90. The maximum Gasteiger partial charge on any atom is 0.275 e. The Labute approximate surface area is 197 Å². The fourth-order valence-corrected chi connectivity index (χ4v) is 4.25. The largest absolute Gasteiger partial charge is 0.451 e. The summed E-state index contributed by atoms with van der Waals surface area (Å²) in [5.41, 5.74) is 7.02. The van der Waals surface area contributed by atoms with E-state index in [1.807, 2.05) is 0 Å². The Balaban J connectivity index is 1.54. The number of hydrogen-bond donors (Lipinski definition) is 2. The minimum absolute atomic E-state index is 0.0733. The number of nitrogens with zero attached hydrogens (tertiary/aromatic N) is 4. The number of para-hydroxylation sites is 1. The van der Waals surface area contributed by atoms with Gasteiger partial charge in [-0.05, 0) is 48.9 Å². The van der Waals surface area contributed by atoms with Gasteiger partial charge in [0.1, 0.15) is 11.3 Å². The van der Waals surface area contributed by atoms with Gasteiger partial charge in [-0.15, -0.1) is 0 Å². The first kappa shape index (κ1) is 22.3. The van der Waals surface area contributed by atoms with Gasteiger partial charge in [-0.2, -0.15) is 10.2 Å². The number of nitrogen functional groups attached to an aromatic ring is 1. The summed E-state index contributed by atoms with van der Waals surface area (Å²) in [6, 6.07) is 9.73. The molecule has 35 heavy (non-hydrogen) atoms. The van der Waals surface area contributed by atoms with Gasteiger partial charge in [-0.25, -0.2) is 18.6 Å². The summed E-state index contributed by atoms with van der Waals surface area (Å²) in [6.45, 7) is 4.43. The van der Waals surface area contributed by atoms with Crippen molar-refractivity contribution in [3.63, 3.8) is 0 Å². The molecule has 0 saturated carbocycles. The highest BCUT2D eigenvalue weighted by atomic mass is 19.1. The molecule has 4 aromatic rings. The zero-order chi connectivity index (χ0) is 24.7. The number of nitrogens with two attached hydrogens (primary N) is 1. The molecular weight excluding hydrogens is 458 g/mol. The number of aromatic amines is 1. The minimum atomic E-state index is -0.824. The molecule has 1 fully saturated rings. The summed E-state index contributed by atoms with van der Waals surface area (Å²) >= 11 is 0. The number of aromatic nitrogens is 4. The quantitative estimate of drug-likeness (QED) is 0.425. The Morgan fingerprint density at radius 3 is 2.60 bits per heavy atom. The molecular formula is C24H20F2N6O3. The molecule has 5 rings (SSSR count). The van der Waals surface area contributed by atoms with Crippen LogP contribution in [0.2, 0.25) is 0 Å². The lowest BCUT2D eigenvalue weighted by Gasteiger charge is -2.13. The second-order valence-corrected chi connectivity index (χ2v) is 8.08. The first-order valence-corrected chi connectivity index (χ1v) is 10.8. The Bertz CT molecular complexity index is 1490. The number of carbonyl (C=O) groups excluding carboxylic acids is 1. The lowest BCUT2D eigenvalue weighted by Crippen LogP contribution is -2.26. The van der Waals surface area contributed by atoms with Gasteiger partial charge in [-0.1, -0.05) is 12.6 Å². The van der Waals surface area contributed by atoms with Crippen molar-refractivity contribution in [1.82, 2.24) is 24.9 Å². The second-order valence-electron chi connectivity index (χ2n) is 8.08. The van der Waals surface area contributed by atoms with Crippen LogP contribution < -0.4 is 16.0 Å². The fraction of sp³-hybridized carbons (Fsp3) is 0.167. The van der Waals surface area contributed by atoms with Gasteiger partial charge in [0.15, 0.2) is 23.2 Å². The van der Waals surface area contributed by atoms with E-state index in [4.69, 9.17) is 10.5 Å². The van der Waals surface area contributed by atoms with Crippen molar-refractivity contribution in [2.24, 2.45) is 0 Å². The molecule has 178 valence electrons. The van der Waals surface area contributed by atoms with E-state index in [2.05, 4.69) is 21.9 Å². The molecule has 0 radical (unpaired) electrons. The van der Waals surface area contributed by atoms with E-state index in [-0.39, 0.29) is 23.4 Å². The molecule has 0 spiro atoms. The number of halogens is 2. The van der Waals surface area contributed by atoms with E-state index < -0.39 is 22.9 Å². The molecule has 1 saturated heterocycles. The number of nitrogens with one attached hydrogen (secondary N) is 1. The summed E-state index contributed by atoms with van der Waals surface area (Å²) in [7, 11) is 0. The predicted molar refractivity (Wildman–Crippen MR) is 124 cm³/mol. The minimum Gasteiger partial charge on any atom is -0.451 e. The molecule has 1 aliphatic heterocycles. The van der Waals surface area contributed by atoms with Crippen LogP contribution in [-0.2, 0) is 4.79 Å². The van der Waals surface area contributed by atoms with E-state index in [9.17, 15) is 18.4 Å². The monoisotopic (exact) mass is 478 g/mol. The number of amides is 1. The SMILES string of the molecule is C=CC(=O)N1CC[C@@H](c2nn(-c3ccc(Oc4c(F)cccc4F)cc3)c3c(N)n[nH]c(=O)c23)C1. The molecule has 0 bridgehead atoms. The highest BCUT2D eigenvalue weighted by Crippen LogP contribution is 2.34. The van der Waals surface area contributed by atoms with Gasteiger partial charge in [0, 0.05) is 19.0 Å². The van der Waals surface area contributed by atoms with E-state index in [1.165, 1.54) is 29.0 Å². The van der Waals surface area contributed by atoms with Gasteiger partial charge < -0.3 is 15.4 Å². The van der Waals surface area contributed by atoms with Crippen LogP contribution in [0.3, 0.4) is 0 Å². The maximum absolute atomic E-state index is 13.9. The Kier molecular flexibility index (Phi) is 5.51. The number of ether oxygens (including phenoxy) is 1. The van der Waals surface area contributed by atoms with Crippen LogP contribution in [0.25, 0.3) is 16.6 Å². The number of H-pyrrole nitrogens is 1. The summed E-state index contributed by atoms with van der Waals surface area (Å²) in [5.74, 6) is -2.25. The predicted octanol–water partition coefficient (Wildman–Crippen LogP) is 3.26. The Hall–Kier alpha value is -4.54. The molecule has 0 aliphatic carbocycles. The van der Waals surface area contributed by atoms with Crippen molar-refractivity contribution >= 4 is 22.6 Å².